The van der Waals surface area contributed by atoms with Gasteiger partial charge in [0, 0.05) is 12.0 Å². The monoisotopic (exact) mass is 220 g/mol. The van der Waals surface area contributed by atoms with Crippen molar-refractivity contribution in [2.45, 2.75) is 18.9 Å². The highest BCUT2D eigenvalue weighted by molar-refractivity contribution is 5.26. The van der Waals surface area contributed by atoms with Crippen molar-refractivity contribution < 1.29 is 13.9 Å². The van der Waals surface area contributed by atoms with Gasteiger partial charge in [0.15, 0.2) is 0 Å². The van der Waals surface area contributed by atoms with Gasteiger partial charge in [-0.15, -0.1) is 0 Å². The van der Waals surface area contributed by atoms with Gasteiger partial charge in [-0.25, -0.2) is 4.39 Å². The van der Waals surface area contributed by atoms with Gasteiger partial charge in [-0.2, -0.15) is 0 Å². The smallest absolute Gasteiger partial charge is 0.129 e. The first kappa shape index (κ1) is 10.9. The predicted octanol–water partition coefficient (Wildman–Crippen LogP) is 2.87. The van der Waals surface area contributed by atoms with Crippen molar-refractivity contribution >= 4 is 0 Å². The zero-order valence-electron chi connectivity index (χ0n) is 8.98. The van der Waals surface area contributed by atoms with Crippen LogP contribution in [-0.2, 0) is 12.0 Å². The third-order valence-electron chi connectivity index (χ3n) is 2.58. The fourth-order valence-corrected chi connectivity index (χ4v) is 1.78. The molecule has 0 aliphatic heterocycles. The molecular formula is C13H13FO2. The Hall–Kier alpha value is -1.61. The summed E-state index contributed by atoms with van der Waals surface area (Å²) in [6, 6.07) is 8.01. The largest absolute Gasteiger partial charge is 0.472 e. The molecule has 0 spiro atoms. The first-order valence-corrected chi connectivity index (χ1v) is 5.08. The van der Waals surface area contributed by atoms with Crippen molar-refractivity contribution in [3.8, 4) is 0 Å². The SMILES string of the molecule is CC(O)(Cc1ccoc1)c1ccccc1F. The molecule has 1 N–H and O–H groups in total. The molecule has 0 aliphatic carbocycles. The zero-order valence-corrected chi connectivity index (χ0v) is 8.98. The van der Waals surface area contributed by atoms with Gasteiger partial charge >= 0.3 is 0 Å². The van der Waals surface area contributed by atoms with Crippen LogP contribution < -0.4 is 0 Å². The summed E-state index contributed by atoms with van der Waals surface area (Å²) < 4.78 is 18.5. The minimum Gasteiger partial charge on any atom is -0.472 e. The molecule has 1 heterocycles. The Bertz CT molecular complexity index is 461. The number of halogens is 1. The van der Waals surface area contributed by atoms with Crippen molar-refractivity contribution in [2.75, 3.05) is 0 Å². The quantitative estimate of drug-likeness (QED) is 0.862. The number of furan rings is 1. The molecule has 2 rings (SSSR count). The molecular weight excluding hydrogens is 207 g/mol. The van der Waals surface area contributed by atoms with Gasteiger partial charge in [-0.3, -0.25) is 0 Å². The third-order valence-corrected chi connectivity index (χ3v) is 2.58. The number of rotatable bonds is 3. The normalized spacial score (nSPS) is 14.7. The van der Waals surface area contributed by atoms with E-state index in [1.807, 2.05) is 0 Å². The maximum Gasteiger partial charge on any atom is 0.129 e. The summed E-state index contributed by atoms with van der Waals surface area (Å²) in [5.74, 6) is -0.393. The lowest BCUT2D eigenvalue weighted by Gasteiger charge is -2.23. The lowest BCUT2D eigenvalue weighted by molar-refractivity contribution is 0.0536. The van der Waals surface area contributed by atoms with Crippen molar-refractivity contribution in [2.24, 2.45) is 0 Å². The van der Waals surface area contributed by atoms with Crippen molar-refractivity contribution in [3.05, 3.63) is 59.8 Å². The maximum atomic E-state index is 13.5. The molecule has 2 aromatic rings. The van der Waals surface area contributed by atoms with Crippen LogP contribution in [0.1, 0.15) is 18.1 Å². The molecule has 0 amide bonds. The van der Waals surface area contributed by atoms with E-state index in [1.54, 1.807) is 37.5 Å². The summed E-state index contributed by atoms with van der Waals surface area (Å²) in [5, 5.41) is 10.3. The minimum absolute atomic E-state index is 0.302. The summed E-state index contributed by atoms with van der Waals surface area (Å²) in [4.78, 5) is 0. The van der Waals surface area contributed by atoms with Gasteiger partial charge < -0.3 is 9.52 Å². The van der Waals surface area contributed by atoms with E-state index in [2.05, 4.69) is 0 Å². The molecule has 1 aromatic carbocycles. The third kappa shape index (κ3) is 2.14. The average molecular weight is 220 g/mol. The molecule has 0 aliphatic rings. The van der Waals surface area contributed by atoms with Crippen molar-refractivity contribution in [1.82, 2.24) is 0 Å². The molecule has 2 nitrogen and oxygen atoms in total. The maximum absolute atomic E-state index is 13.5. The average Bonchev–Trinajstić information content (AvgIpc) is 2.70. The summed E-state index contributed by atoms with van der Waals surface area (Å²) in [5.41, 5.74) is -0.0840. The van der Waals surface area contributed by atoms with Crippen LogP contribution in [0.3, 0.4) is 0 Å². The first-order chi connectivity index (χ1) is 7.59. The van der Waals surface area contributed by atoms with Gasteiger partial charge in [-0.1, -0.05) is 18.2 Å². The van der Waals surface area contributed by atoms with E-state index < -0.39 is 11.4 Å². The summed E-state index contributed by atoms with van der Waals surface area (Å²) in [7, 11) is 0. The second kappa shape index (κ2) is 4.10. The van der Waals surface area contributed by atoms with Crippen LogP contribution in [0.4, 0.5) is 4.39 Å². The van der Waals surface area contributed by atoms with Crippen LogP contribution in [0.2, 0.25) is 0 Å². The van der Waals surface area contributed by atoms with Gasteiger partial charge in [0.1, 0.15) is 5.82 Å². The number of aliphatic hydroxyl groups is 1. The lowest BCUT2D eigenvalue weighted by Crippen LogP contribution is -2.25. The number of hydrogen-bond donors (Lipinski definition) is 1. The number of benzene rings is 1. The Balaban J connectivity index is 2.28. The number of hydrogen-bond acceptors (Lipinski definition) is 2. The molecule has 1 atom stereocenters. The Kier molecular flexibility index (Phi) is 2.79. The second-order valence-corrected chi connectivity index (χ2v) is 4.06. The fourth-order valence-electron chi connectivity index (χ4n) is 1.78. The second-order valence-electron chi connectivity index (χ2n) is 4.06. The molecule has 3 heteroatoms. The Morgan fingerprint density at radius 3 is 2.69 bits per heavy atom. The van der Waals surface area contributed by atoms with Crippen molar-refractivity contribution in [3.63, 3.8) is 0 Å². The van der Waals surface area contributed by atoms with E-state index in [0.717, 1.165) is 5.56 Å². The molecule has 1 aromatic heterocycles. The van der Waals surface area contributed by atoms with E-state index in [-0.39, 0.29) is 0 Å². The Labute approximate surface area is 93.3 Å². The Morgan fingerprint density at radius 2 is 2.06 bits per heavy atom. The molecule has 0 bridgehead atoms. The molecule has 0 saturated carbocycles. The topological polar surface area (TPSA) is 33.4 Å². The lowest BCUT2D eigenvalue weighted by atomic mass is 9.90. The molecule has 0 radical (unpaired) electrons. The predicted molar refractivity (Wildman–Crippen MR) is 58.4 cm³/mol. The molecule has 0 fully saturated rings. The van der Waals surface area contributed by atoms with Crippen LogP contribution in [-0.4, -0.2) is 5.11 Å². The highest BCUT2D eigenvalue weighted by atomic mass is 19.1. The van der Waals surface area contributed by atoms with E-state index in [9.17, 15) is 9.50 Å². The molecule has 0 saturated heterocycles. The summed E-state index contributed by atoms with van der Waals surface area (Å²) >= 11 is 0. The molecule has 1 unspecified atom stereocenters. The van der Waals surface area contributed by atoms with E-state index in [0.29, 0.717) is 12.0 Å². The van der Waals surface area contributed by atoms with Crippen LogP contribution in [0.15, 0.2) is 47.3 Å². The molecule has 84 valence electrons. The van der Waals surface area contributed by atoms with Gasteiger partial charge in [-0.05, 0) is 24.6 Å². The van der Waals surface area contributed by atoms with Gasteiger partial charge in [0.25, 0.3) is 0 Å². The van der Waals surface area contributed by atoms with E-state index >= 15 is 0 Å². The van der Waals surface area contributed by atoms with Crippen LogP contribution in [0.5, 0.6) is 0 Å². The van der Waals surface area contributed by atoms with Gasteiger partial charge in [0.05, 0.1) is 18.1 Å². The van der Waals surface area contributed by atoms with Crippen LogP contribution in [0.25, 0.3) is 0 Å². The molecule has 16 heavy (non-hydrogen) atoms. The standard InChI is InChI=1S/C13H13FO2/c1-13(15,8-10-6-7-16-9-10)11-4-2-3-5-12(11)14/h2-7,9,15H,8H2,1H3. The van der Waals surface area contributed by atoms with E-state index in [1.165, 1.54) is 12.3 Å². The fraction of sp³-hybridized carbons (Fsp3) is 0.231. The van der Waals surface area contributed by atoms with Crippen molar-refractivity contribution in [1.29, 1.82) is 0 Å². The minimum atomic E-state index is -1.23. The van der Waals surface area contributed by atoms with Gasteiger partial charge in [0.2, 0.25) is 0 Å². The highest BCUT2D eigenvalue weighted by Crippen LogP contribution is 2.27. The zero-order chi connectivity index (χ0) is 11.6. The van der Waals surface area contributed by atoms with Crippen LogP contribution >= 0.6 is 0 Å². The summed E-state index contributed by atoms with van der Waals surface area (Å²) in [6.45, 7) is 1.60. The Morgan fingerprint density at radius 1 is 1.31 bits per heavy atom. The summed E-state index contributed by atoms with van der Waals surface area (Å²) in [6.07, 6.45) is 3.41. The first-order valence-electron chi connectivity index (χ1n) is 5.08. The highest BCUT2D eigenvalue weighted by Gasteiger charge is 2.26. The van der Waals surface area contributed by atoms with Crippen LogP contribution in [0, 0.1) is 5.82 Å². The van der Waals surface area contributed by atoms with E-state index in [4.69, 9.17) is 4.42 Å².